The smallest absolute Gasteiger partial charge is 0.336 e. The average Bonchev–Trinajstić information content (AvgIpc) is 2.99. The molecule has 1 aliphatic heterocycles. The first-order valence-corrected chi connectivity index (χ1v) is 9.22. The maximum absolute atomic E-state index is 13.3. The number of esters is 1. The minimum absolute atomic E-state index is 0.149. The molecule has 2 aromatic carbocycles. The number of nitrogens with zero attached hydrogens (tertiary/aromatic N) is 1. The van der Waals surface area contributed by atoms with Crippen LogP contribution >= 0.6 is 0 Å². The second-order valence-electron chi connectivity index (χ2n) is 6.80. The first kappa shape index (κ1) is 18.6. The van der Waals surface area contributed by atoms with Crippen molar-refractivity contribution in [2.75, 3.05) is 6.61 Å². The van der Waals surface area contributed by atoms with Gasteiger partial charge in [0.1, 0.15) is 0 Å². The Morgan fingerprint density at radius 1 is 1.14 bits per heavy atom. The van der Waals surface area contributed by atoms with Crippen LogP contribution in [0.2, 0.25) is 0 Å². The van der Waals surface area contributed by atoms with E-state index in [9.17, 15) is 19.7 Å². The van der Waals surface area contributed by atoms with Gasteiger partial charge in [-0.05, 0) is 13.8 Å². The van der Waals surface area contributed by atoms with Crippen LogP contribution in [-0.2, 0) is 9.53 Å². The van der Waals surface area contributed by atoms with Gasteiger partial charge < -0.3 is 10.1 Å². The van der Waals surface area contributed by atoms with Crippen molar-refractivity contribution in [3.63, 3.8) is 0 Å². The lowest BCUT2D eigenvalue weighted by Crippen LogP contribution is -2.29. The number of nitro benzene ring substituents is 1. The summed E-state index contributed by atoms with van der Waals surface area (Å²) in [5.74, 6) is -1.75. The molecule has 0 saturated carbocycles. The SMILES string of the molecule is CCOC(=O)C1=C(C)NC2=C(C(=O)c3ccccc32)[C@@H]1c1ccccc1[N+](=O)[O-]. The van der Waals surface area contributed by atoms with Crippen LogP contribution in [0.4, 0.5) is 5.69 Å². The van der Waals surface area contributed by atoms with E-state index in [2.05, 4.69) is 5.32 Å². The quantitative estimate of drug-likeness (QED) is 0.485. The Bertz CT molecular complexity index is 1130. The number of carbonyl (C=O) groups excluding carboxylic acids is 2. The van der Waals surface area contributed by atoms with Crippen LogP contribution < -0.4 is 5.32 Å². The van der Waals surface area contributed by atoms with E-state index in [4.69, 9.17) is 4.74 Å². The minimum atomic E-state index is -0.896. The van der Waals surface area contributed by atoms with E-state index in [1.807, 2.05) is 12.1 Å². The molecule has 1 aliphatic carbocycles. The van der Waals surface area contributed by atoms with Gasteiger partial charge >= 0.3 is 5.97 Å². The molecule has 7 nitrogen and oxygen atoms in total. The molecular weight excluding hydrogens is 372 g/mol. The molecule has 0 saturated heterocycles. The first-order valence-electron chi connectivity index (χ1n) is 9.22. The molecule has 29 heavy (non-hydrogen) atoms. The van der Waals surface area contributed by atoms with Crippen LogP contribution in [0.15, 0.2) is 65.4 Å². The number of carbonyl (C=O) groups is 2. The summed E-state index contributed by atoms with van der Waals surface area (Å²) in [6.07, 6.45) is 0. The fourth-order valence-corrected chi connectivity index (χ4v) is 4.02. The molecule has 2 aromatic rings. The van der Waals surface area contributed by atoms with Gasteiger partial charge in [-0.3, -0.25) is 14.9 Å². The molecule has 2 aliphatic rings. The Balaban J connectivity index is 1.99. The standard InChI is InChI=1S/C22H18N2O5/c1-3-29-22(26)17-12(2)23-20-13-8-4-5-9-14(13)21(25)19(20)18(17)15-10-6-7-11-16(15)24(27)28/h4-11,18,23H,3H2,1-2H3/t18-/m1/s1. The Hall–Kier alpha value is -3.74. The number of para-hydroxylation sites is 1. The number of fused-ring (bicyclic) bond motifs is 2. The van der Waals surface area contributed by atoms with Gasteiger partial charge in [-0.1, -0.05) is 42.5 Å². The lowest BCUT2D eigenvalue weighted by atomic mass is 9.79. The van der Waals surface area contributed by atoms with E-state index in [1.54, 1.807) is 44.2 Å². The highest BCUT2D eigenvalue weighted by Gasteiger charge is 2.44. The molecule has 1 N–H and O–H groups in total. The third-order valence-electron chi connectivity index (χ3n) is 5.19. The number of rotatable bonds is 4. The third-order valence-corrected chi connectivity index (χ3v) is 5.19. The molecule has 1 atom stereocenters. The van der Waals surface area contributed by atoms with Crippen LogP contribution in [-0.4, -0.2) is 23.3 Å². The molecule has 0 radical (unpaired) electrons. The summed E-state index contributed by atoms with van der Waals surface area (Å²) in [5, 5.41) is 14.9. The van der Waals surface area contributed by atoms with Crippen LogP contribution in [0.5, 0.6) is 0 Å². The van der Waals surface area contributed by atoms with Gasteiger partial charge in [0.05, 0.1) is 28.7 Å². The van der Waals surface area contributed by atoms with E-state index in [-0.39, 0.29) is 29.2 Å². The predicted molar refractivity (Wildman–Crippen MR) is 106 cm³/mol. The molecular formula is C22H18N2O5. The third kappa shape index (κ3) is 2.82. The van der Waals surface area contributed by atoms with Gasteiger partial charge in [-0.2, -0.15) is 0 Å². The lowest BCUT2D eigenvalue weighted by Gasteiger charge is -2.29. The molecule has 0 bridgehead atoms. The number of hydrogen-bond donors (Lipinski definition) is 1. The van der Waals surface area contributed by atoms with Crippen molar-refractivity contribution in [2.24, 2.45) is 0 Å². The second-order valence-corrected chi connectivity index (χ2v) is 6.80. The Kier molecular flexibility index (Phi) is 4.50. The average molecular weight is 390 g/mol. The minimum Gasteiger partial charge on any atom is -0.463 e. The van der Waals surface area contributed by atoms with Crippen LogP contribution in [0.1, 0.15) is 41.3 Å². The monoisotopic (exact) mass is 390 g/mol. The van der Waals surface area contributed by atoms with Crippen LogP contribution in [0, 0.1) is 10.1 Å². The number of benzene rings is 2. The lowest BCUT2D eigenvalue weighted by molar-refractivity contribution is -0.385. The molecule has 146 valence electrons. The molecule has 0 aromatic heterocycles. The number of nitro groups is 1. The van der Waals surface area contributed by atoms with E-state index in [0.29, 0.717) is 22.5 Å². The number of ketones is 1. The normalized spacial score (nSPS) is 17.6. The molecule has 4 rings (SSSR count). The predicted octanol–water partition coefficient (Wildman–Crippen LogP) is 3.73. The summed E-state index contributed by atoms with van der Waals surface area (Å²) in [6.45, 7) is 3.55. The van der Waals surface area contributed by atoms with Crippen molar-refractivity contribution >= 4 is 23.1 Å². The van der Waals surface area contributed by atoms with Crippen LogP contribution in [0.3, 0.4) is 0 Å². The highest BCUT2D eigenvalue weighted by atomic mass is 16.6. The first-order chi connectivity index (χ1) is 14.0. The van der Waals surface area contributed by atoms with E-state index < -0.39 is 16.8 Å². The maximum atomic E-state index is 13.3. The number of nitrogens with one attached hydrogen (secondary N) is 1. The fraction of sp³-hybridized carbons (Fsp3) is 0.182. The molecule has 7 heteroatoms. The largest absolute Gasteiger partial charge is 0.463 e. The molecule has 0 unspecified atom stereocenters. The number of hydrogen-bond acceptors (Lipinski definition) is 6. The van der Waals surface area contributed by atoms with Crippen molar-refractivity contribution in [1.29, 1.82) is 0 Å². The highest BCUT2D eigenvalue weighted by Crippen LogP contribution is 2.48. The highest BCUT2D eigenvalue weighted by molar-refractivity contribution is 6.23. The number of allylic oxidation sites excluding steroid dienone is 2. The van der Waals surface area contributed by atoms with Crippen molar-refractivity contribution < 1.29 is 19.2 Å². The summed E-state index contributed by atoms with van der Waals surface area (Å²) < 4.78 is 5.22. The molecule has 1 heterocycles. The fourth-order valence-electron chi connectivity index (χ4n) is 4.02. The summed E-state index contributed by atoms with van der Waals surface area (Å²) in [7, 11) is 0. The summed E-state index contributed by atoms with van der Waals surface area (Å²) in [6, 6.07) is 13.3. The van der Waals surface area contributed by atoms with Crippen LogP contribution in [0.25, 0.3) is 5.70 Å². The van der Waals surface area contributed by atoms with Crippen molar-refractivity contribution in [3.8, 4) is 0 Å². The van der Waals surface area contributed by atoms with Gasteiger partial charge in [0.25, 0.3) is 5.69 Å². The Morgan fingerprint density at radius 3 is 2.48 bits per heavy atom. The number of Topliss-reactive ketones (excluding diaryl/α,β-unsaturated/α-hetero) is 1. The van der Waals surface area contributed by atoms with Crippen molar-refractivity contribution in [1.82, 2.24) is 5.32 Å². The molecule has 0 fully saturated rings. The number of dihydropyridines is 1. The van der Waals surface area contributed by atoms with Gasteiger partial charge in [0.15, 0.2) is 5.78 Å². The Morgan fingerprint density at radius 2 is 1.79 bits per heavy atom. The van der Waals surface area contributed by atoms with Gasteiger partial charge in [-0.25, -0.2) is 4.79 Å². The summed E-state index contributed by atoms with van der Waals surface area (Å²) in [4.78, 5) is 37.3. The summed E-state index contributed by atoms with van der Waals surface area (Å²) in [5.41, 5.74) is 2.99. The van der Waals surface area contributed by atoms with E-state index in [1.165, 1.54) is 6.07 Å². The zero-order chi connectivity index (χ0) is 20.7. The zero-order valence-electron chi connectivity index (χ0n) is 15.9. The van der Waals surface area contributed by atoms with Gasteiger partial charge in [-0.15, -0.1) is 0 Å². The van der Waals surface area contributed by atoms with E-state index >= 15 is 0 Å². The second kappa shape index (κ2) is 7.01. The molecule has 0 amide bonds. The van der Waals surface area contributed by atoms with Gasteiger partial charge in [0, 0.05) is 34.0 Å². The van der Waals surface area contributed by atoms with E-state index in [0.717, 1.165) is 5.56 Å². The summed E-state index contributed by atoms with van der Waals surface area (Å²) >= 11 is 0. The number of ether oxygens (including phenoxy) is 1. The topological polar surface area (TPSA) is 98.5 Å². The molecule has 0 spiro atoms. The zero-order valence-corrected chi connectivity index (χ0v) is 15.9. The van der Waals surface area contributed by atoms with Crippen molar-refractivity contribution in [3.05, 3.63) is 92.2 Å². The Labute approximate surface area is 166 Å². The van der Waals surface area contributed by atoms with Gasteiger partial charge in [0.2, 0.25) is 0 Å². The maximum Gasteiger partial charge on any atom is 0.336 e. The van der Waals surface area contributed by atoms with Crippen molar-refractivity contribution in [2.45, 2.75) is 19.8 Å².